The van der Waals surface area contributed by atoms with Crippen LogP contribution in [0.2, 0.25) is 0 Å². The molecule has 0 saturated carbocycles. The number of nitrogens with one attached hydrogen (secondary N) is 2. The van der Waals surface area contributed by atoms with Gasteiger partial charge in [0.2, 0.25) is 5.95 Å². The van der Waals surface area contributed by atoms with Gasteiger partial charge in [0.1, 0.15) is 0 Å². The highest BCUT2D eigenvalue weighted by Crippen LogP contribution is 2.24. The zero-order valence-electron chi connectivity index (χ0n) is 16.7. The lowest BCUT2D eigenvalue weighted by Gasteiger charge is -2.12. The maximum atomic E-state index is 12.4. The van der Waals surface area contributed by atoms with Crippen molar-refractivity contribution < 1.29 is 14.3 Å². The topological polar surface area (TPSA) is 93.2 Å². The van der Waals surface area contributed by atoms with Crippen molar-refractivity contribution in [1.82, 2.24) is 9.97 Å². The summed E-state index contributed by atoms with van der Waals surface area (Å²) in [6.45, 7) is 6.10. The number of carbonyl (C=O) groups is 2. The van der Waals surface area contributed by atoms with Gasteiger partial charge >= 0.3 is 5.97 Å². The average Bonchev–Trinajstić information content (AvgIpc) is 2.71. The number of nitrogens with zero attached hydrogens (tertiary/aromatic N) is 2. The first-order valence-corrected chi connectivity index (χ1v) is 9.04. The van der Waals surface area contributed by atoms with E-state index in [-0.39, 0.29) is 5.91 Å². The SMILES string of the molecule is COC(=O)c1ccc(NC(=O)c2cnc(Nc3c(C)cc(C)cc3C)nc2)cc1. The van der Waals surface area contributed by atoms with Crippen molar-refractivity contribution in [2.75, 3.05) is 17.7 Å². The molecule has 0 saturated heterocycles. The maximum absolute atomic E-state index is 12.4. The number of benzene rings is 2. The Morgan fingerprint density at radius 3 is 2.03 bits per heavy atom. The normalized spacial score (nSPS) is 10.3. The number of rotatable bonds is 5. The Bertz CT molecular complexity index is 1020. The van der Waals surface area contributed by atoms with Crippen molar-refractivity contribution in [1.29, 1.82) is 0 Å². The van der Waals surface area contributed by atoms with Crippen molar-refractivity contribution in [3.8, 4) is 0 Å². The predicted octanol–water partition coefficient (Wildman–Crippen LogP) is 4.18. The molecule has 148 valence electrons. The number of aryl methyl sites for hydroxylation is 3. The molecule has 0 spiro atoms. The average molecular weight is 390 g/mol. The van der Waals surface area contributed by atoms with Gasteiger partial charge in [0, 0.05) is 23.8 Å². The van der Waals surface area contributed by atoms with Crippen LogP contribution < -0.4 is 10.6 Å². The molecule has 2 N–H and O–H groups in total. The summed E-state index contributed by atoms with van der Waals surface area (Å²) in [5.74, 6) is -0.359. The first-order chi connectivity index (χ1) is 13.9. The molecule has 0 radical (unpaired) electrons. The summed E-state index contributed by atoms with van der Waals surface area (Å²) in [4.78, 5) is 32.4. The minimum absolute atomic E-state index is 0.324. The fourth-order valence-electron chi connectivity index (χ4n) is 3.01. The Labute approximate surface area is 169 Å². The number of hydrogen-bond acceptors (Lipinski definition) is 6. The number of anilines is 3. The third kappa shape index (κ3) is 4.76. The molecule has 2 aromatic carbocycles. The molecule has 0 atom stereocenters. The number of aromatic nitrogens is 2. The van der Waals surface area contributed by atoms with Gasteiger partial charge in [-0.25, -0.2) is 14.8 Å². The van der Waals surface area contributed by atoms with Gasteiger partial charge < -0.3 is 15.4 Å². The second kappa shape index (κ2) is 8.52. The molecule has 0 aliphatic rings. The number of methoxy groups -OCH3 is 1. The molecular formula is C22H22N4O3. The lowest BCUT2D eigenvalue weighted by molar-refractivity contribution is 0.0600. The van der Waals surface area contributed by atoms with Gasteiger partial charge in [0.25, 0.3) is 5.91 Å². The van der Waals surface area contributed by atoms with Gasteiger partial charge in [-0.05, 0) is 56.2 Å². The van der Waals surface area contributed by atoms with Crippen LogP contribution in [0, 0.1) is 20.8 Å². The standard InChI is InChI=1S/C22H22N4O3/c1-13-9-14(2)19(15(3)10-13)26-22-23-11-17(12-24-22)20(27)25-18-7-5-16(6-8-18)21(28)29-4/h5-12H,1-4H3,(H,25,27)(H,23,24,26). The minimum atomic E-state index is -0.432. The van der Waals surface area contributed by atoms with Crippen LogP contribution in [0.4, 0.5) is 17.3 Å². The van der Waals surface area contributed by atoms with Crippen molar-refractivity contribution >= 4 is 29.2 Å². The Morgan fingerprint density at radius 2 is 1.48 bits per heavy atom. The third-order valence-corrected chi connectivity index (χ3v) is 4.39. The zero-order chi connectivity index (χ0) is 21.0. The van der Waals surface area contributed by atoms with Crippen LogP contribution >= 0.6 is 0 Å². The molecule has 1 aromatic heterocycles. The lowest BCUT2D eigenvalue weighted by Crippen LogP contribution is -2.13. The molecule has 29 heavy (non-hydrogen) atoms. The number of esters is 1. The largest absolute Gasteiger partial charge is 0.465 e. The van der Waals surface area contributed by atoms with Crippen molar-refractivity contribution in [2.45, 2.75) is 20.8 Å². The van der Waals surface area contributed by atoms with E-state index in [0.29, 0.717) is 22.8 Å². The van der Waals surface area contributed by atoms with Crippen LogP contribution in [0.3, 0.4) is 0 Å². The van der Waals surface area contributed by atoms with Crippen LogP contribution in [-0.2, 0) is 4.74 Å². The lowest BCUT2D eigenvalue weighted by atomic mass is 10.1. The van der Waals surface area contributed by atoms with Crippen LogP contribution in [-0.4, -0.2) is 29.0 Å². The van der Waals surface area contributed by atoms with Crippen molar-refractivity contribution in [2.24, 2.45) is 0 Å². The molecule has 3 rings (SSSR count). The third-order valence-electron chi connectivity index (χ3n) is 4.39. The number of carbonyl (C=O) groups excluding carboxylic acids is 2. The molecule has 1 heterocycles. The Kier molecular flexibility index (Phi) is 5.87. The Hall–Kier alpha value is -3.74. The highest BCUT2D eigenvalue weighted by Gasteiger charge is 2.11. The molecule has 0 aliphatic carbocycles. The quantitative estimate of drug-likeness (QED) is 0.635. The monoisotopic (exact) mass is 390 g/mol. The van der Waals surface area contributed by atoms with E-state index in [1.807, 2.05) is 13.8 Å². The van der Waals surface area contributed by atoms with Crippen molar-refractivity contribution in [3.63, 3.8) is 0 Å². The van der Waals surface area contributed by atoms with Gasteiger partial charge in [0.15, 0.2) is 0 Å². The van der Waals surface area contributed by atoms with Crippen molar-refractivity contribution in [3.05, 3.63) is 76.6 Å². The maximum Gasteiger partial charge on any atom is 0.337 e. The molecule has 7 nitrogen and oxygen atoms in total. The molecule has 0 bridgehead atoms. The summed E-state index contributed by atoms with van der Waals surface area (Å²) in [5.41, 5.74) is 5.63. The second-order valence-corrected chi connectivity index (χ2v) is 6.72. The second-order valence-electron chi connectivity index (χ2n) is 6.72. The van der Waals surface area contributed by atoms with Crippen LogP contribution in [0.25, 0.3) is 0 Å². The first kappa shape index (κ1) is 20.0. The fourth-order valence-corrected chi connectivity index (χ4v) is 3.01. The van der Waals surface area contributed by atoms with Gasteiger partial charge in [0.05, 0.1) is 18.2 Å². The van der Waals surface area contributed by atoms with Crippen LogP contribution in [0.5, 0.6) is 0 Å². The number of amides is 1. The van der Waals surface area contributed by atoms with E-state index in [1.165, 1.54) is 25.1 Å². The molecule has 0 aliphatic heterocycles. The zero-order valence-corrected chi connectivity index (χ0v) is 16.7. The van der Waals surface area contributed by atoms with E-state index in [0.717, 1.165) is 16.8 Å². The van der Waals surface area contributed by atoms with Crippen LogP contribution in [0.15, 0.2) is 48.8 Å². The molecular weight excluding hydrogens is 368 g/mol. The van der Waals surface area contributed by atoms with E-state index in [4.69, 9.17) is 0 Å². The van der Waals surface area contributed by atoms with E-state index in [2.05, 4.69) is 44.4 Å². The molecule has 0 unspecified atom stereocenters. The van der Waals surface area contributed by atoms with E-state index in [1.54, 1.807) is 24.3 Å². The highest BCUT2D eigenvalue weighted by molar-refractivity contribution is 6.04. The summed E-state index contributed by atoms with van der Waals surface area (Å²) >= 11 is 0. The van der Waals surface area contributed by atoms with Gasteiger partial charge in [-0.1, -0.05) is 17.7 Å². The van der Waals surface area contributed by atoms with E-state index < -0.39 is 5.97 Å². The fraction of sp³-hybridized carbons (Fsp3) is 0.182. The summed E-state index contributed by atoms with van der Waals surface area (Å²) in [5, 5.41) is 5.95. The summed E-state index contributed by atoms with van der Waals surface area (Å²) in [6, 6.07) is 10.6. The smallest absolute Gasteiger partial charge is 0.337 e. The van der Waals surface area contributed by atoms with Crippen LogP contribution in [0.1, 0.15) is 37.4 Å². The Balaban J connectivity index is 1.68. The Morgan fingerprint density at radius 1 is 0.897 bits per heavy atom. The predicted molar refractivity (Wildman–Crippen MR) is 112 cm³/mol. The van der Waals surface area contributed by atoms with Gasteiger partial charge in [-0.2, -0.15) is 0 Å². The number of hydrogen-bond donors (Lipinski definition) is 2. The highest BCUT2D eigenvalue weighted by atomic mass is 16.5. The summed E-state index contributed by atoms with van der Waals surface area (Å²) in [6.07, 6.45) is 2.93. The molecule has 0 fully saturated rings. The number of ether oxygens (including phenoxy) is 1. The minimum Gasteiger partial charge on any atom is -0.465 e. The molecule has 3 aromatic rings. The summed E-state index contributed by atoms with van der Waals surface area (Å²) < 4.78 is 4.65. The van der Waals surface area contributed by atoms with E-state index in [9.17, 15) is 9.59 Å². The van der Waals surface area contributed by atoms with E-state index >= 15 is 0 Å². The van der Waals surface area contributed by atoms with Gasteiger partial charge in [-0.3, -0.25) is 4.79 Å². The van der Waals surface area contributed by atoms with Gasteiger partial charge in [-0.15, -0.1) is 0 Å². The molecule has 1 amide bonds. The first-order valence-electron chi connectivity index (χ1n) is 9.04. The summed E-state index contributed by atoms with van der Waals surface area (Å²) in [7, 11) is 1.32. The molecule has 7 heteroatoms.